The van der Waals surface area contributed by atoms with Gasteiger partial charge in [-0.3, -0.25) is 19.7 Å². The summed E-state index contributed by atoms with van der Waals surface area (Å²) in [5.41, 5.74) is 5.94. The summed E-state index contributed by atoms with van der Waals surface area (Å²) in [7, 11) is 0. The lowest BCUT2D eigenvalue weighted by atomic mass is 10.0. The van der Waals surface area contributed by atoms with Crippen molar-refractivity contribution in [2.75, 3.05) is 0 Å². The number of hydrogen-bond donors (Lipinski definition) is 2. The average Bonchev–Trinajstić information content (AvgIpc) is 2.37. The Balaban J connectivity index is 2.72. The number of nitrogens with two attached hydrogens (primary N) is 1. The molecule has 0 spiro atoms. The molecule has 0 heterocycles. The van der Waals surface area contributed by atoms with Gasteiger partial charge in [-0.05, 0) is 11.5 Å². The second kappa shape index (κ2) is 7.37. The van der Waals surface area contributed by atoms with Crippen LogP contribution in [0, 0.1) is 16.0 Å². The Morgan fingerprint density at radius 2 is 1.86 bits per heavy atom. The maximum absolute atomic E-state index is 11.7. The van der Waals surface area contributed by atoms with Crippen molar-refractivity contribution in [1.82, 2.24) is 5.32 Å². The smallest absolute Gasteiger partial charge is 0.269 e. The van der Waals surface area contributed by atoms with Crippen molar-refractivity contribution in [2.24, 2.45) is 11.7 Å². The first kappa shape index (κ1) is 16.6. The molecule has 7 heteroatoms. The minimum Gasteiger partial charge on any atom is -0.368 e. The zero-order chi connectivity index (χ0) is 16.0. The topological polar surface area (TPSA) is 115 Å². The summed E-state index contributed by atoms with van der Waals surface area (Å²) in [5.74, 6) is -0.695. The first-order valence-corrected chi connectivity index (χ1v) is 6.61. The molecular formula is C14H19N3O4. The molecule has 0 aliphatic rings. The molecule has 0 saturated heterocycles. The Morgan fingerprint density at radius 3 is 2.29 bits per heavy atom. The fraction of sp³-hybridized carbons (Fsp3) is 0.429. The van der Waals surface area contributed by atoms with Crippen molar-refractivity contribution < 1.29 is 14.5 Å². The highest BCUT2D eigenvalue weighted by Crippen LogP contribution is 2.13. The molecule has 0 fully saturated rings. The van der Waals surface area contributed by atoms with Gasteiger partial charge in [-0.1, -0.05) is 26.0 Å². The molecule has 1 atom stereocenters. The number of rotatable bonds is 7. The average molecular weight is 293 g/mol. The Kier molecular flexibility index (Phi) is 5.83. The predicted molar refractivity (Wildman–Crippen MR) is 77.4 cm³/mol. The lowest BCUT2D eigenvalue weighted by molar-refractivity contribution is -0.384. The predicted octanol–water partition coefficient (Wildman–Crippen LogP) is 1.15. The SMILES string of the molecule is CC(C)CC(=O)N[C@@H](Cc1ccc([N+](=O)[O-])cc1)C(N)=O. The van der Waals surface area contributed by atoms with Crippen LogP contribution in [-0.2, 0) is 16.0 Å². The van der Waals surface area contributed by atoms with Gasteiger partial charge in [0.15, 0.2) is 0 Å². The van der Waals surface area contributed by atoms with Crippen LogP contribution in [-0.4, -0.2) is 22.8 Å². The minimum absolute atomic E-state index is 0.0294. The molecule has 0 bridgehead atoms. The first-order valence-electron chi connectivity index (χ1n) is 6.61. The number of carbonyl (C=O) groups is 2. The molecular weight excluding hydrogens is 274 g/mol. The van der Waals surface area contributed by atoms with Gasteiger partial charge >= 0.3 is 0 Å². The van der Waals surface area contributed by atoms with E-state index in [0.717, 1.165) is 0 Å². The Morgan fingerprint density at radius 1 is 1.29 bits per heavy atom. The largest absolute Gasteiger partial charge is 0.368 e. The monoisotopic (exact) mass is 293 g/mol. The number of amides is 2. The van der Waals surface area contributed by atoms with E-state index in [2.05, 4.69) is 5.32 Å². The number of nitrogens with zero attached hydrogens (tertiary/aromatic N) is 1. The molecule has 0 aromatic heterocycles. The van der Waals surface area contributed by atoms with Crippen LogP contribution >= 0.6 is 0 Å². The van der Waals surface area contributed by atoms with Gasteiger partial charge in [0.05, 0.1) is 4.92 Å². The Labute approximate surface area is 122 Å². The molecule has 0 radical (unpaired) electrons. The number of carbonyl (C=O) groups excluding carboxylic acids is 2. The van der Waals surface area contributed by atoms with Crippen LogP contribution in [0.5, 0.6) is 0 Å². The van der Waals surface area contributed by atoms with E-state index in [1.807, 2.05) is 13.8 Å². The molecule has 2 amide bonds. The van der Waals surface area contributed by atoms with Gasteiger partial charge in [-0.15, -0.1) is 0 Å². The zero-order valence-electron chi connectivity index (χ0n) is 12.0. The number of nitro groups is 1. The van der Waals surface area contributed by atoms with Crippen LogP contribution in [0.15, 0.2) is 24.3 Å². The van der Waals surface area contributed by atoms with Gasteiger partial charge in [0.25, 0.3) is 5.69 Å². The van der Waals surface area contributed by atoms with Crippen LogP contribution in [0.25, 0.3) is 0 Å². The summed E-state index contributed by atoms with van der Waals surface area (Å²) in [4.78, 5) is 33.2. The summed E-state index contributed by atoms with van der Waals surface area (Å²) in [5, 5.41) is 13.2. The van der Waals surface area contributed by atoms with E-state index >= 15 is 0 Å². The van der Waals surface area contributed by atoms with Gasteiger partial charge in [0.2, 0.25) is 11.8 Å². The third-order valence-corrected chi connectivity index (χ3v) is 2.86. The number of nitrogens with one attached hydrogen (secondary N) is 1. The fourth-order valence-corrected chi connectivity index (χ4v) is 1.84. The highest BCUT2D eigenvalue weighted by Gasteiger charge is 2.19. The maximum Gasteiger partial charge on any atom is 0.269 e. The summed E-state index contributed by atoms with van der Waals surface area (Å²) in [6.45, 7) is 3.80. The molecule has 0 aliphatic carbocycles. The van der Waals surface area contributed by atoms with Crippen LogP contribution in [0.2, 0.25) is 0 Å². The quantitative estimate of drug-likeness (QED) is 0.579. The third-order valence-electron chi connectivity index (χ3n) is 2.86. The summed E-state index contributed by atoms with van der Waals surface area (Å²) in [6.07, 6.45) is 0.515. The van der Waals surface area contributed by atoms with E-state index in [4.69, 9.17) is 5.73 Å². The van der Waals surface area contributed by atoms with Crippen molar-refractivity contribution in [2.45, 2.75) is 32.7 Å². The first-order chi connectivity index (χ1) is 9.79. The standard InChI is InChI=1S/C14H19N3O4/c1-9(2)7-13(18)16-12(14(15)19)8-10-3-5-11(6-4-10)17(20)21/h3-6,9,12H,7-8H2,1-2H3,(H2,15,19)(H,16,18)/t12-/m0/s1. The highest BCUT2D eigenvalue weighted by molar-refractivity contribution is 5.86. The Hall–Kier alpha value is -2.44. The maximum atomic E-state index is 11.7. The van der Waals surface area contributed by atoms with E-state index in [-0.39, 0.29) is 23.9 Å². The number of benzene rings is 1. The number of non-ortho nitro benzene ring substituents is 1. The molecule has 1 aromatic rings. The van der Waals surface area contributed by atoms with Gasteiger partial charge in [-0.2, -0.15) is 0 Å². The zero-order valence-corrected chi connectivity index (χ0v) is 12.0. The molecule has 21 heavy (non-hydrogen) atoms. The lowest BCUT2D eigenvalue weighted by Gasteiger charge is -2.16. The van der Waals surface area contributed by atoms with Crippen molar-refractivity contribution in [3.63, 3.8) is 0 Å². The van der Waals surface area contributed by atoms with E-state index in [1.165, 1.54) is 12.1 Å². The van der Waals surface area contributed by atoms with Crippen LogP contribution < -0.4 is 11.1 Å². The van der Waals surface area contributed by atoms with Crippen LogP contribution in [0.1, 0.15) is 25.8 Å². The number of hydrogen-bond acceptors (Lipinski definition) is 4. The molecule has 0 unspecified atom stereocenters. The summed E-state index contributed by atoms with van der Waals surface area (Å²) >= 11 is 0. The van der Waals surface area contributed by atoms with Gasteiger partial charge in [0.1, 0.15) is 6.04 Å². The minimum atomic E-state index is -0.822. The van der Waals surface area contributed by atoms with Crippen molar-refractivity contribution in [3.8, 4) is 0 Å². The molecule has 7 nitrogen and oxygen atoms in total. The molecule has 114 valence electrons. The van der Waals surface area contributed by atoms with Crippen molar-refractivity contribution >= 4 is 17.5 Å². The van der Waals surface area contributed by atoms with E-state index in [0.29, 0.717) is 12.0 Å². The lowest BCUT2D eigenvalue weighted by Crippen LogP contribution is -2.46. The summed E-state index contributed by atoms with van der Waals surface area (Å²) < 4.78 is 0. The van der Waals surface area contributed by atoms with Crippen LogP contribution in [0.4, 0.5) is 5.69 Å². The van der Waals surface area contributed by atoms with Crippen molar-refractivity contribution in [3.05, 3.63) is 39.9 Å². The van der Waals surface area contributed by atoms with Gasteiger partial charge in [-0.25, -0.2) is 0 Å². The second-order valence-corrected chi connectivity index (χ2v) is 5.25. The fourth-order valence-electron chi connectivity index (χ4n) is 1.84. The molecule has 1 rings (SSSR count). The van der Waals surface area contributed by atoms with Crippen molar-refractivity contribution in [1.29, 1.82) is 0 Å². The number of nitro benzene ring substituents is 1. The molecule has 0 aliphatic heterocycles. The van der Waals surface area contributed by atoms with Gasteiger partial charge in [0, 0.05) is 25.0 Å². The second-order valence-electron chi connectivity index (χ2n) is 5.25. The van der Waals surface area contributed by atoms with E-state index in [1.54, 1.807) is 12.1 Å². The molecule has 3 N–H and O–H groups in total. The van der Waals surface area contributed by atoms with E-state index in [9.17, 15) is 19.7 Å². The number of primary amides is 1. The third kappa shape index (κ3) is 5.60. The highest BCUT2D eigenvalue weighted by atomic mass is 16.6. The van der Waals surface area contributed by atoms with Crippen LogP contribution in [0.3, 0.4) is 0 Å². The van der Waals surface area contributed by atoms with Gasteiger partial charge < -0.3 is 11.1 Å². The molecule has 1 aromatic carbocycles. The van der Waals surface area contributed by atoms with E-state index < -0.39 is 16.9 Å². The Bertz CT molecular complexity index is 526. The normalized spacial score (nSPS) is 12.0. The molecule has 0 saturated carbocycles. The summed E-state index contributed by atoms with van der Waals surface area (Å²) in [6, 6.07) is 4.97.